The maximum Gasteiger partial charge on any atom is 0.261 e. The van der Waals surface area contributed by atoms with Crippen LogP contribution in [0.1, 0.15) is 25.3 Å². The molecule has 3 rings (SSSR count). The molecule has 0 radical (unpaired) electrons. The zero-order valence-corrected chi connectivity index (χ0v) is 17.8. The summed E-state index contributed by atoms with van der Waals surface area (Å²) in [4.78, 5) is 0.244. The van der Waals surface area contributed by atoms with Gasteiger partial charge in [0.1, 0.15) is 5.75 Å². The molecule has 1 aliphatic rings. The van der Waals surface area contributed by atoms with Gasteiger partial charge in [0.05, 0.1) is 23.4 Å². The van der Waals surface area contributed by atoms with E-state index in [1.807, 2.05) is 20.0 Å². The summed E-state index contributed by atoms with van der Waals surface area (Å²) >= 11 is 0. The Balaban J connectivity index is 1.85. The Labute approximate surface area is 168 Å². The Kier molecular flexibility index (Phi) is 6.15. The number of hydrogen-bond acceptors (Lipinski definition) is 5. The van der Waals surface area contributed by atoms with E-state index in [2.05, 4.69) is 21.7 Å². The van der Waals surface area contributed by atoms with Gasteiger partial charge in [-0.3, -0.25) is 4.72 Å². The Morgan fingerprint density at radius 3 is 2.36 bits per heavy atom. The van der Waals surface area contributed by atoms with E-state index in [4.69, 9.17) is 4.74 Å². The minimum Gasteiger partial charge on any atom is -0.495 e. The van der Waals surface area contributed by atoms with Crippen LogP contribution in [-0.4, -0.2) is 40.7 Å². The van der Waals surface area contributed by atoms with Gasteiger partial charge in [-0.05, 0) is 56.0 Å². The molecule has 7 heteroatoms. The summed E-state index contributed by atoms with van der Waals surface area (Å²) < 4.78 is 33.6. The largest absolute Gasteiger partial charge is 0.495 e. The molecule has 0 aromatic heterocycles. The number of anilines is 2. The first-order chi connectivity index (χ1) is 13.3. The lowest BCUT2D eigenvalue weighted by atomic mass is 10.0. The lowest BCUT2D eigenvalue weighted by Gasteiger charge is -2.38. The third kappa shape index (κ3) is 4.59. The average Bonchev–Trinajstić information content (AvgIpc) is 2.68. The van der Waals surface area contributed by atoms with Crippen LogP contribution < -0.4 is 14.5 Å². The summed E-state index contributed by atoms with van der Waals surface area (Å²) in [5.74, 6) is 1.44. The molecule has 2 aromatic rings. The molecule has 6 nitrogen and oxygen atoms in total. The number of sulfonamides is 1. The fourth-order valence-corrected chi connectivity index (χ4v) is 4.43. The second-order valence-corrected chi connectivity index (χ2v) is 9.15. The van der Waals surface area contributed by atoms with E-state index in [9.17, 15) is 8.42 Å². The van der Waals surface area contributed by atoms with Crippen LogP contribution in [0.3, 0.4) is 0 Å². The highest BCUT2D eigenvalue weighted by molar-refractivity contribution is 7.92. The number of benzene rings is 2. The standard InChI is InChI=1S/C21H29N3O3S/c1-16-5-8-19(9-6-16)28(25,26)22-18-7-10-21(27-4)20(15-18)23(3)24-13-11-17(2)12-14-24/h5-10,15,17,22H,11-14H2,1-4H3. The lowest BCUT2D eigenvalue weighted by molar-refractivity contribution is 0.184. The third-order valence-corrected chi connectivity index (χ3v) is 6.69. The Morgan fingerprint density at radius 2 is 1.75 bits per heavy atom. The van der Waals surface area contributed by atoms with Crippen molar-refractivity contribution in [3.8, 4) is 5.75 Å². The highest BCUT2D eigenvalue weighted by Crippen LogP contribution is 2.33. The Hall–Kier alpha value is -2.25. The molecule has 0 aliphatic carbocycles. The smallest absolute Gasteiger partial charge is 0.261 e. The van der Waals surface area contributed by atoms with Gasteiger partial charge in [-0.2, -0.15) is 0 Å². The van der Waals surface area contributed by atoms with E-state index in [1.54, 1.807) is 43.5 Å². The van der Waals surface area contributed by atoms with Crippen molar-refractivity contribution < 1.29 is 13.2 Å². The zero-order chi connectivity index (χ0) is 20.3. The summed E-state index contributed by atoms with van der Waals surface area (Å²) in [6.07, 6.45) is 2.29. The van der Waals surface area contributed by atoms with Crippen LogP contribution in [0.2, 0.25) is 0 Å². The third-order valence-electron chi connectivity index (χ3n) is 5.30. The van der Waals surface area contributed by atoms with Crippen molar-refractivity contribution in [2.75, 3.05) is 37.0 Å². The van der Waals surface area contributed by atoms with Crippen LogP contribution in [0.15, 0.2) is 47.4 Å². The first-order valence-corrected chi connectivity index (χ1v) is 11.0. The Bertz CT molecular complexity index is 905. The van der Waals surface area contributed by atoms with Crippen LogP contribution in [-0.2, 0) is 10.0 Å². The van der Waals surface area contributed by atoms with Crippen LogP contribution in [0.5, 0.6) is 5.75 Å². The number of rotatable bonds is 6. The van der Waals surface area contributed by atoms with Gasteiger partial charge in [-0.25, -0.2) is 13.4 Å². The predicted molar refractivity (Wildman–Crippen MR) is 113 cm³/mol. The van der Waals surface area contributed by atoms with Crippen molar-refractivity contribution in [2.45, 2.75) is 31.6 Å². The van der Waals surface area contributed by atoms with Gasteiger partial charge < -0.3 is 9.75 Å². The maximum atomic E-state index is 12.7. The minimum atomic E-state index is -3.65. The second kappa shape index (κ2) is 8.41. The molecular formula is C21H29N3O3S. The van der Waals surface area contributed by atoms with Crippen molar-refractivity contribution in [1.29, 1.82) is 0 Å². The van der Waals surface area contributed by atoms with E-state index in [-0.39, 0.29) is 4.90 Å². The quantitative estimate of drug-likeness (QED) is 0.793. The van der Waals surface area contributed by atoms with E-state index in [0.717, 1.165) is 43.1 Å². The summed E-state index contributed by atoms with van der Waals surface area (Å²) in [7, 11) is -0.0290. The number of nitrogens with zero attached hydrogens (tertiary/aromatic N) is 2. The number of aryl methyl sites for hydroxylation is 1. The van der Waals surface area contributed by atoms with E-state index in [0.29, 0.717) is 11.4 Å². The molecule has 1 heterocycles. The molecule has 0 saturated carbocycles. The van der Waals surface area contributed by atoms with Gasteiger partial charge in [0, 0.05) is 20.1 Å². The van der Waals surface area contributed by atoms with E-state index < -0.39 is 10.0 Å². The topological polar surface area (TPSA) is 61.9 Å². The highest BCUT2D eigenvalue weighted by Gasteiger charge is 2.22. The van der Waals surface area contributed by atoms with Gasteiger partial charge in [0.15, 0.2) is 0 Å². The van der Waals surface area contributed by atoms with Crippen LogP contribution in [0.4, 0.5) is 11.4 Å². The first-order valence-electron chi connectivity index (χ1n) is 9.56. The molecule has 1 N–H and O–H groups in total. The second-order valence-electron chi connectivity index (χ2n) is 7.46. The number of ether oxygens (including phenoxy) is 1. The van der Waals surface area contributed by atoms with Gasteiger partial charge in [-0.15, -0.1) is 0 Å². The van der Waals surface area contributed by atoms with Crippen LogP contribution >= 0.6 is 0 Å². The van der Waals surface area contributed by atoms with Gasteiger partial charge in [-0.1, -0.05) is 24.6 Å². The monoisotopic (exact) mass is 403 g/mol. The fraction of sp³-hybridized carbons (Fsp3) is 0.429. The number of methoxy groups -OCH3 is 1. The molecule has 0 atom stereocenters. The van der Waals surface area contributed by atoms with Crippen molar-refractivity contribution in [3.05, 3.63) is 48.0 Å². The number of hydrazine groups is 1. The molecular weight excluding hydrogens is 374 g/mol. The summed E-state index contributed by atoms with van der Waals surface area (Å²) in [5.41, 5.74) is 2.36. The molecule has 1 aliphatic heterocycles. The van der Waals surface area contributed by atoms with E-state index >= 15 is 0 Å². The molecule has 1 saturated heterocycles. The van der Waals surface area contributed by atoms with Crippen LogP contribution in [0, 0.1) is 12.8 Å². The fourth-order valence-electron chi connectivity index (χ4n) is 3.39. The molecule has 2 aromatic carbocycles. The SMILES string of the molecule is COc1ccc(NS(=O)(=O)c2ccc(C)cc2)cc1N(C)N1CCC(C)CC1. The van der Waals surface area contributed by atoms with Crippen molar-refractivity contribution in [3.63, 3.8) is 0 Å². The molecule has 0 amide bonds. The van der Waals surface area contributed by atoms with E-state index in [1.165, 1.54) is 0 Å². The first kappa shape index (κ1) is 20.5. The normalized spacial score (nSPS) is 16.0. The minimum absolute atomic E-state index is 0.244. The maximum absolute atomic E-state index is 12.7. The summed E-state index contributed by atoms with van der Waals surface area (Å²) in [5, 5.41) is 4.34. The average molecular weight is 404 g/mol. The Morgan fingerprint density at radius 1 is 1.11 bits per heavy atom. The summed E-state index contributed by atoms with van der Waals surface area (Å²) in [6, 6.07) is 12.2. The van der Waals surface area contributed by atoms with Gasteiger partial charge in [0.2, 0.25) is 0 Å². The molecule has 0 spiro atoms. The van der Waals surface area contributed by atoms with Crippen molar-refractivity contribution in [2.24, 2.45) is 5.92 Å². The zero-order valence-electron chi connectivity index (χ0n) is 17.0. The molecule has 0 unspecified atom stereocenters. The molecule has 1 fully saturated rings. The highest BCUT2D eigenvalue weighted by atomic mass is 32.2. The number of piperidine rings is 1. The van der Waals surface area contributed by atoms with Gasteiger partial charge >= 0.3 is 0 Å². The number of hydrogen-bond donors (Lipinski definition) is 1. The van der Waals surface area contributed by atoms with Crippen LogP contribution in [0.25, 0.3) is 0 Å². The van der Waals surface area contributed by atoms with Crippen molar-refractivity contribution >= 4 is 21.4 Å². The predicted octanol–water partition coefficient (Wildman–Crippen LogP) is 3.89. The van der Waals surface area contributed by atoms with Gasteiger partial charge in [0.25, 0.3) is 10.0 Å². The molecule has 28 heavy (non-hydrogen) atoms. The van der Waals surface area contributed by atoms with Crippen molar-refractivity contribution in [1.82, 2.24) is 5.01 Å². The summed E-state index contributed by atoms with van der Waals surface area (Å²) in [6.45, 7) is 6.15. The molecule has 152 valence electrons. The number of nitrogens with one attached hydrogen (secondary N) is 1. The molecule has 0 bridgehead atoms. The lowest BCUT2D eigenvalue weighted by Crippen LogP contribution is -2.44.